The van der Waals surface area contributed by atoms with Crippen LogP contribution in [0.5, 0.6) is 0 Å². The SMILES string of the molecule is CC12CCC(C1)C(C)(C)C2O.OC1CC2CCC1C2.OC1CC2CCC1C2.OCC1CC2C=CC1C2.OCCC1CC2CCC1C2. The van der Waals surface area contributed by atoms with E-state index < -0.39 is 0 Å². The van der Waals surface area contributed by atoms with Gasteiger partial charge in [-0.15, -0.1) is 0 Å². The maximum atomic E-state index is 10.0. The van der Waals surface area contributed by atoms with Gasteiger partial charge in [-0.1, -0.05) is 39.3 Å². The molecule has 15 atom stereocenters. The molecule has 10 aliphatic rings. The lowest BCUT2D eigenvalue weighted by atomic mass is 9.70. The van der Waals surface area contributed by atoms with E-state index in [0.29, 0.717) is 31.0 Å². The maximum absolute atomic E-state index is 10.0. The number of hydrogen-bond acceptors (Lipinski definition) is 5. The smallest absolute Gasteiger partial charge is 0.0647 e. The van der Waals surface area contributed by atoms with Crippen molar-refractivity contribution in [3.63, 3.8) is 0 Å². The molecule has 9 fully saturated rings. The van der Waals surface area contributed by atoms with Crippen molar-refractivity contribution in [2.24, 2.45) is 75.9 Å². The molecule has 10 aliphatic carbocycles. The minimum atomic E-state index is -0.0613. The van der Waals surface area contributed by atoms with Gasteiger partial charge in [0.25, 0.3) is 0 Å². The summed E-state index contributed by atoms with van der Waals surface area (Å²) in [5, 5.41) is 46.1. The highest BCUT2D eigenvalue weighted by Gasteiger charge is 2.58. The molecule has 0 amide bonds. The Morgan fingerprint density at radius 3 is 1.46 bits per heavy atom. The molecule has 5 N–H and O–H groups in total. The zero-order valence-electron chi connectivity index (χ0n) is 29.6. The van der Waals surface area contributed by atoms with E-state index in [1.807, 2.05) is 0 Å². The number of rotatable bonds is 3. The summed E-state index contributed by atoms with van der Waals surface area (Å²) in [4.78, 5) is 0. The number of aliphatic hydroxyl groups is 5. The second kappa shape index (κ2) is 14.8. The molecule has 0 heterocycles. The molecule has 0 radical (unpaired) electrons. The fourth-order valence-corrected chi connectivity index (χ4v) is 12.7. The predicted octanol–water partition coefficient (Wildman–Crippen LogP) is 7.52. The van der Waals surface area contributed by atoms with Gasteiger partial charge in [-0.2, -0.15) is 0 Å². The Labute approximate surface area is 281 Å². The van der Waals surface area contributed by atoms with E-state index in [-0.39, 0.29) is 29.1 Å². The number of aliphatic hydroxyl groups excluding tert-OH is 5. The predicted molar refractivity (Wildman–Crippen MR) is 185 cm³/mol. The van der Waals surface area contributed by atoms with Crippen LogP contribution in [0.1, 0.15) is 136 Å². The van der Waals surface area contributed by atoms with Crippen molar-refractivity contribution in [3.8, 4) is 0 Å². The highest BCUT2D eigenvalue weighted by molar-refractivity contribution is 5.10. The lowest BCUT2D eigenvalue weighted by molar-refractivity contribution is -0.0340. The molecule has 264 valence electrons. The monoisotopic (exact) mass is 643 g/mol. The Kier molecular flexibility index (Phi) is 11.4. The summed E-state index contributed by atoms with van der Waals surface area (Å²) in [6.07, 6.45) is 28.2. The highest BCUT2D eigenvalue weighted by Crippen LogP contribution is 2.62. The van der Waals surface area contributed by atoms with Gasteiger partial charge in [-0.25, -0.2) is 0 Å². The fraction of sp³-hybridized carbons (Fsp3) is 0.951. The summed E-state index contributed by atoms with van der Waals surface area (Å²) in [7, 11) is 0. The maximum Gasteiger partial charge on any atom is 0.0647 e. The van der Waals surface area contributed by atoms with E-state index in [0.717, 1.165) is 66.6 Å². The first kappa shape index (κ1) is 35.4. The molecule has 0 aromatic rings. The average Bonchev–Trinajstić information content (AvgIpc) is 3.89. The summed E-state index contributed by atoms with van der Waals surface area (Å²) in [6, 6.07) is 0. The summed E-state index contributed by atoms with van der Waals surface area (Å²) in [5.41, 5.74) is 0.446. The van der Waals surface area contributed by atoms with Gasteiger partial charge in [-0.05, 0) is 185 Å². The average molecular weight is 643 g/mol. The zero-order valence-corrected chi connectivity index (χ0v) is 29.6. The van der Waals surface area contributed by atoms with Crippen LogP contribution >= 0.6 is 0 Å². The van der Waals surface area contributed by atoms with Crippen molar-refractivity contribution in [2.75, 3.05) is 13.2 Å². The van der Waals surface area contributed by atoms with Gasteiger partial charge in [0.15, 0.2) is 0 Å². The van der Waals surface area contributed by atoms with Gasteiger partial charge in [0, 0.05) is 13.2 Å². The summed E-state index contributed by atoms with van der Waals surface area (Å²) in [5.74, 6) is 9.03. The molecule has 0 aromatic heterocycles. The molecule has 5 nitrogen and oxygen atoms in total. The molecule has 0 spiro atoms. The largest absolute Gasteiger partial charge is 0.396 e. The third-order valence-electron chi connectivity index (χ3n) is 15.6. The Morgan fingerprint density at radius 2 is 1.20 bits per heavy atom. The molecule has 46 heavy (non-hydrogen) atoms. The van der Waals surface area contributed by atoms with Crippen LogP contribution in [0, 0.1) is 75.9 Å². The van der Waals surface area contributed by atoms with E-state index in [9.17, 15) is 15.3 Å². The number of allylic oxidation sites excluding steroid dienone is 2. The van der Waals surface area contributed by atoms with Crippen molar-refractivity contribution in [1.82, 2.24) is 0 Å². The molecule has 0 aliphatic heterocycles. The van der Waals surface area contributed by atoms with E-state index >= 15 is 0 Å². The van der Waals surface area contributed by atoms with Crippen LogP contribution in [0.4, 0.5) is 0 Å². The minimum Gasteiger partial charge on any atom is -0.396 e. The van der Waals surface area contributed by atoms with Crippen LogP contribution < -0.4 is 0 Å². The van der Waals surface area contributed by atoms with Crippen molar-refractivity contribution in [1.29, 1.82) is 0 Å². The minimum absolute atomic E-state index is 0.0613. The van der Waals surface area contributed by atoms with Crippen LogP contribution in [0.3, 0.4) is 0 Å². The fourth-order valence-electron chi connectivity index (χ4n) is 12.7. The van der Waals surface area contributed by atoms with Gasteiger partial charge in [0.05, 0.1) is 18.3 Å². The zero-order chi connectivity index (χ0) is 32.6. The van der Waals surface area contributed by atoms with Crippen LogP contribution in [-0.4, -0.2) is 57.1 Å². The van der Waals surface area contributed by atoms with Crippen LogP contribution in [0.15, 0.2) is 12.2 Å². The van der Waals surface area contributed by atoms with E-state index in [1.54, 1.807) is 0 Å². The summed E-state index contributed by atoms with van der Waals surface area (Å²) in [6.45, 7) is 7.48. The lowest BCUT2D eigenvalue weighted by Crippen LogP contribution is -2.39. The molecule has 10 rings (SSSR count). The van der Waals surface area contributed by atoms with Crippen molar-refractivity contribution in [2.45, 2.75) is 155 Å². The van der Waals surface area contributed by atoms with Crippen LogP contribution in [0.25, 0.3) is 0 Å². The van der Waals surface area contributed by atoms with Crippen molar-refractivity contribution < 1.29 is 25.5 Å². The Balaban J connectivity index is 0.000000101. The second-order valence-corrected chi connectivity index (χ2v) is 19.0. The number of fused-ring (bicyclic) bond motifs is 10. The van der Waals surface area contributed by atoms with Gasteiger partial charge in [0.2, 0.25) is 0 Å². The van der Waals surface area contributed by atoms with Gasteiger partial charge in [0.1, 0.15) is 0 Å². The van der Waals surface area contributed by atoms with E-state index in [2.05, 4.69) is 32.9 Å². The topological polar surface area (TPSA) is 101 Å². The van der Waals surface area contributed by atoms with E-state index in [4.69, 9.17) is 10.2 Å². The third-order valence-corrected chi connectivity index (χ3v) is 15.6. The first-order valence-electron chi connectivity index (χ1n) is 19.9. The molecule has 5 heteroatoms. The first-order chi connectivity index (χ1) is 22.0. The Hall–Kier alpha value is -0.460. The molecular weight excluding hydrogens is 572 g/mol. The highest BCUT2D eigenvalue weighted by atomic mass is 16.3. The molecule has 10 bridgehead atoms. The normalized spacial score (nSPS) is 50.0. The van der Waals surface area contributed by atoms with Gasteiger partial charge < -0.3 is 25.5 Å². The van der Waals surface area contributed by atoms with E-state index in [1.165, 1.54) is 96.3 Å². The quantitative estimate of drug-likeness (QED) is 0.205. The molecule has 15 unspecified atom stereocenters. The van der Waals surface area contributed by atoms with Gasteiger partial charge >= 0.3 is 0 Å². The standard InChI is InChI=1S/C10H18O.C9H16O.C8H12O.2C7H12O/c1-9(2)7-4-5-10(3,6-7)8(9)11;10-4-3-9-6-7-1-2-8(9)5-7;9-5-8-4-6-1-2-7(8)3-6;2*8-7-4-5-1-2-6(7)3-5/h7-8,11H,4-6H2,1-3H3;7-10H,1-6H2;1-2,6-9H,3-5H2;2*5-8H,1-4H2. The molecule has 0 saturated heterocycles. The van der Waals surface area contributed by atoms with Crippen molar-refractivity contribution in [3.05, 3.63) is 12.2 Å². The second-order valence-electron chi connectivity index (χ2n) is 19.0. The van der Waals surface area contributed by atoms with Crippen molar-refractivity contribution >= 4 is 0 Å². The Bertz CT molecular complexity index is 976. The Morgan fingerprint density at radius 1 is 0.609 bits per heavy atom. The van der Waals surface area contributed by atoms with Gasteiger partial charge in [-0.3, -0.25) is 0 Å². The third kappa shape index (κ3) is 7.64. The summed E-state index contributed by atoms with van der Waals surface area (Å²) >= 11 is 0. The van der Waals surface area contributed by atoms with Crippen LogP contribution in [-0.2, 0) is 0 Å². The summed E-state index contributed by atoms with van der Waals surface area (Å²) < 4.78 is 0. The molecule has 0 aromatic carbocycles. The molecule has 9 saturated carbocycles. The first-order valence-corrected chi connectivity index (χ1v) is 19.9. The van der Waals surface area contributed by atoms with Crippen LogP contribution in [0.2, 0.25) is 0 Å². The lowest BCUT2D eigenvalue weighted by Gasteiger charge is -2.38. The number of hydrogen-bond donors (Lipinski definition) is 5. The molecular formula is C41H70O5.